The van der Waals surface area contributed by atoms with Crippen LogP contribution in [0.15, 0.2) is 64.5 Å². The van der Waals surface area contributed by atoms with E-state index in [1.807, 2.05) is 62.4 Å². The van der Waals surface area contributed by atoms with Crippen molar-refractivity contribution in [2.24, 2.45) is 10.2 Å². The maximum Gasteiger partial charge on any atom is 0.112 e. The van der Waals surface area contributed by atoms with Gasteiger partial charge in [-0.25, -0.2) is 0 Å². The quantitative estimate of drug-likeness (QED) is 0.745. The van der Waals surface area contributed by atoms with Gasteiger partial charge in [-0.3, -0.25) is 0 Å². The van der Waals surface area contributed by atoms with Crippen LogP contribution in [0.1, 0.15) is 30.0 Å². The number of azo groups is 1. The first-order valence-electron chi connectivity index (χ1n) is 7.05. The average molecular weight is 278 g/mol. The van der Waals surface area contributed by atoms with E-state index in [-0.39, 0.29) is 0 Å². The molecule has 2 aromatic rings. The minimum absolute atomic E-state index is 0.346. The van der Waals surface area contributed by atoms with Gasteiger partial charge in [0.2, 0.25) is 0 Å². The lowest BCUT2D eigenvalue weighted by Gasteiger charge is -2.29. The van der Waals surface area contributed by atoms with Gasteiger partial charge in [0, 0.05) is 6.42 Å². The number of aliphatic hydroxyl groups excluding tert-OH is 1. The average Bonchev–Trinajstić information content (AvgIpc) is 2.46. The zero-order valence-electron chi connectivity index (χ0n) is 12.2. The van der Waals surface area contributed by atoms with Crippen LogP contribution in [-0.4, -0.2) is 5.11 Å². The second-order valence-corrected chi connectivity index (χ2v) is 5.71. The van der Waals surface area contributed by atoms with E-state index in [0.717, 1.165) is 16.8 Å². The Morgan fingerprint density at radius 2 is 1.76 bits per heavy atom. The van der Waals surface area contributed by atoms with Crippen molar-refractivity contribution in [3.05, 3.63) is 71.0 Å². The Labute approximate surface area is 124 Å². The first-order valence-corrected chi connectivity index (χ1v) is 7.05. The van der Waals surface area contributed by atoms with Gasteiger partial charge in [0.15, 0.2) is 0 Å². The molecule has 3 heteroatoms. The fourth-order valence-corrected chi connectivity index (χ4v) is 2.66. The van der Waals surface area contributed by atoms with E-state index in [1.165, 1.54) is 5.56 Å². The largest absolute Gasteiger partial charge is 0.512 e. The number of aryl methyl sites for hydroxylation is 1. The van der Waals surface area contributed by atoms with Gasteiger partial charge in [-0.15, -0.1) is 0 Å². The fraction of sp³-hybridized carbons (Fsp3) is 0.222. The van der Waals surface area contributed by atoms with Crippen LogP contribution in [0.4, 0.5) is 5.69 Å². The highest BCUT2D eigenvalue weighted by molar-refractivity contribution is 5.60. The molecule has 1 aliphatic rings. The van der Waals surface area contributed by atoms with Crippen LogP contribution in [0.5, 0.6) is 0 Å². The molecule has 0 aliphatic heterocycles. The molecule has 2 aromatic carbocycles. The molecule has 3 rings (SSSR count). The van der Waals surface area contributed by atoms with Gasteiger partial charge in [-0.1, -0.05) is 42.0 Å². The van der Waals surface area contributed by atoms with Gasteiger partial charge in [0.1, 0.15) is 5.54 Å². The Hall–Kier alpha value is -2.42. The second-order valence-electron chi connectivity index (χ2n) is 5.71. The summed E-state index contributed by atoms with van der Waals surface area (Å²) in [7, 11) is 0. The lowest BCUT2D eigenvalue weighted by molar-refractivity contribution is 0.330. The minimum atomic E-state index is -0.527. The van der Waals surface area contributed by atoms with Crippen molar-refractivity contribution in [3.8, 4) is 0 Å². The molecule has 0 aromatic heterocycles. The highest BCUT2D eigenvalue weighted by Gasteiger charge is 2.33. The van der Waals surface area contributed by atoms with Crippen molar-refractivity contribution in [2.45, 2.75) is 25.8 Å². The van der Waals surface area contributed by atoms with E-state index in [2.05, 4.69) is 10.2 Å². The molecule has 0 spiro atoms. The van der Waals surface area contributed by atoms with E-state index in [9.17, 15) is 5.11 Å². The third-order valence-electron chi connectivity index (χ3n) is 3.81. The van der Waals surface area contributed by atoms with Crippen LogP contribution < -0.4 is 0 Å². The van der Waals surface area contributed by atoms with Crippen LogP contribution in [0.2, 0.25) is 0 Å². The molecule has 0 heterocycles. The molecule has 0 amide bonds. The molecule has 0 saturated heterocycles. The third kappa shape index (κ3) is 2.72. The van der Waals surface area contributed by atoms with Crippen molar-refractivity contribution < 1.29 is 5.11 Å². The molecule has 21 heavy (non-hydrogen) atoms. The molecule has 1 unspecified atom stereocenters. The predicted molar refractivity (Wildman–Crippen MR) is 84.7 cm³/mol. The normalized spacial score (nSPS) is 21.1. The molecular weight excluding hydrogens is 260 g/mol. The van der Waals surface area contributed by atoms with E-state index in [4.69, 9.17) is 0 Å². The summed E-state index contributed by atoms with van der Waals surface area (Å²) in [5.41, 5.74) is 3.60. The smallest absolute Gasteiger partial charge is 0.112 e. The molecule has 3 nitrogen and oxygen atoms in total. The standard InChI is InChI=1S/C18H18N2O/c1-13-7-9-15(10-8-13)19-20-18(2)12-16(21)11-14-5-3-4-6-17(14)18/h3-11,21H,12H2,1-2H3. The monoisotopic (exact) mass is 278 g/mol. The number of nitrogens with zero attached hydrogens (tertiary/aromatic N) is 2. The molecule has 1 N–H and O–H groups in total. The lowest BCUT2D eigenvalue weighted by atomic mass is 9.81. The summed E-state index contributed by atoms with van der Waals surface area (Å²) in [6.07, 6.45) is 2.28. The molecule has 0 saturated carbocycles. The summed E-state index contributed by atoms with van der Waals surface area (Å²) in [6.45, 7) is 4.05. The van der Waals surface area contributed by atoms with Gasteiger partial charge in [0.25, 0.3) is 0 Å². The fourth-order valence-electron chi connectivity index (χ4n) is 2.66. The van der Waals surface area contributed by atoms with Crippen LogP contribution in [-0.2, 0) is 5.54 Å². The molecule has 1 atom stereocenters. The Bertz CT molecular complexity index is 716. The van der Waals surface area contributed by atoms with E-state index >= 15 is 0 Å². The highest BCUT2D eigenvalue weighted by Crippen LogP contribution is 2.39. The number of aliphatic hydroxyl groups is 1. The van der Waals surface area contributed by atoms with E-state index < -0.39 is 5.54 Å². The van der Waals surface area contributed by atoms with Crippen LogP contribution in [0.3, 0.4) is 0 Å². The number of hydrogen-bond donors (Lipinski definition) is 1. The number of hydrogen-bond acceptors (Lipinski definition) is 3. The number of benzene rings is 2. The Balaban J connectivity index is 1.97. The molecule has 0 radical (unpaired) electrons. The maximum atomic E-state index is 9.98. The Morgan fingerprint density at radius 1 is 1.05 bits per heavy atom. The molecule has 106 valence electrons. The van der Waals surface area contributed by atoms with Crippen molar-refractivity contribution in [1.82, 2.24) is 0 Å². The first kappa shape index (κ1) is 13.6. The zero-order chi connectivity index (χ0) is 14.9. The Kier molecular flexibility index (Phi) is 3.34. The maximum absolute atomic E-state index is 9.98. The summed E-state index contributed by atoms with van der Waals surface area (Å²) in [6, 6.07) is 15.9. The Morgan fingerprint density at radius 3 is 2.52 bits per heavy atom. The first-order chi connectivity index (χ1) is 10.1. The van der Waals surface area contributed by atoms with Crippen LogP contribution in [0, 0.1) is 6.92 Å². The molecule has 1 aliphatic carbocycles. The van der Waals surface area contributed by atoms with Crippen LogP contribution >= 0.6 is 0 Å². The van der Waals surface area contributed by atoms with E-state index in [1.54, 1.807) is 6.08 Å². The van der Waals surface area contributed by atoms with Crippen molar-refractivity contribution in [1.29, 1.82) is 0 Å². The van der Waals surface area contributed by atoms with Crippen LogP contribution in [0.25, 0.3) is 6.08 Å². The lowest BCUT2D eigenvalue weighted by Crippen LogP contribution is -2.23. The van der Waals surface area contributed by atoms with Gasteiger partial charge in [0.05, 0.1) is 11.4 Å². The summed E-state index contributed by atoms with van der Waals surface area (Å²) in [5, 5.41) is 18.9. The molecular formula is C18H18N2O. The third-order valence-corrected chi connectivity index (χ3v) is 3.81. The summed E-state index contributed by atoms with van der Waals surface area (Å²) >= 11 is 0. The SMILES string of the molecule is Cc1ccc(N=NC2(C)CC(O)=Cc3ccccc32)cc1. The summed E-state index contributed by atoms with van der Waals surface area (Å²) in [4.78, 5) is 0. The zero-order valence-corrected chi connectivity index (χ0v) is 12.2. The van der Waals surface area contributed by atoms with Crippen molar-refractivity contribution >= 4 is 11.8 Å². The van der Waals surface area contributed by atoms with Gasteiger partial charge < -0.3 is 5.11 Å². The van der Waals surface area contributed by atoms with Gasteiger partial charge in [-0.05, 0) is 43.2 Å². The van der Waals surface area contributed by atoms with Crippen molar-refractivity contribution in [3.63, 3.8) is 0 Å². The predicted octanol–water partition coefficient (Wildman–Crippen LogP) is 5.30. The molecule has 0 fully saturated rings. The van der Waals surface area contributed by atoms with Crippen molar-refractivity contribution in [2.75, 3.05) is 0 Å². The molecule has 0 bridgehead atoms. The topological polar surface area (TPSA) is 45.0 Å². The minimum Gasteiger partial charge on any atom is -0.512 e. The highest BCUT2D eigenvalue weighted by atomic mass is 16.3. The number of fused-ring (bicyclic) bond motifs is 1. The number of rotatable bonds is 2. The van der Waals surface area contributed by atoms with E-state index in [0.29, 0.717) is 12.2 Å². The van der Waals surface area contributed by atoms with Gasteiger partial charge >= 0.3 is 0 Å². The second kappa shape index (κ2) is 5.17. The summed E-state index contributed by atoms with van der Waals surface area (Å²) < 4.78 is 0. The summed E-state index contributed by atoms with van der Waals surface area (Å²) in [5.74, 6) is 0.346. The van der Waals surface area contributed by atoms with Gasteiger partial charge in [-0.2, -0.15) is 10.2 Å².